The van der Waals surface area contributed by atoms with Gasteiger partial charge in [-0.1, -0.05) is 0 Å². The molecule has 0 bridgehead atoms. The Labute approximate surface area is 114 Å². The van der Waals surface area contributed by atoms with Crippen molar-refractivity contribution in [3.63, 3.8) is 0 Å². The number of nitriles is 1. The van der Waals surface area contributed by atoms with Crippen molar-refractivity contribution in [3.05, 3.63) is 36.0 Å². The Kier molecular flexibility index (Phi) is 4.24. The number of halogens is 1. The van der Waals surface area contributed by atoms with Crippen LogP contribution in [0.15, 0.2) is 24.4 Å². The van der Waals surface area contributed by atoms with Crippen LogP contribution in [0, 0.1) is 17.1 Å². The summed E-state index contributed by atoms with van der Waals surface area (Å²) in [5.41, 5.74) is 0.718. The largest absolute Gasteiger partial charge is 0.492 e. The van der Waals surface area contributed by atoms with E-state index in [-0.39, 0.29) is 11.4 Å². The number of ether oxygens (including phenoxy) is 1. The average molecular weight is 274 g/mol. The number of H-pyrrole nitrogens is 1. The summed E-state index contributed by atoms with van der Waals surface area (Å²) >= 11 is 0. The molecule has 0 aliphatic carbocycles. The van der Waals surface area contributed by atoms with Crippen molar-refractivity contribution in [3.8, 4) is 11.8 Å². The maximum absolute atomic E-state index is 13.2. The normalized spacial score (nSPS) is 10.9. The summed E-state index contributed by atoms with van der Waals surface area (Å²) in [4.78, 5) is 0. The van der Waals surface area contributed by atoms with Gasteiger partial charge in [-0.2, -0.15) is 10.5 Å². The highest BCUT2D eigenvalue weighted by Gasteiger charge is 2.08. The van der Waals surface area contributed by atoms with E-state index >= 15 is 0 Å². The van der Waals surface area contributed by atoms with Gasteiger partial charge in [-0.15, -0.1) is 10.2 Å². The molecule has 7 nitrogen and oxygen atoms in total. The topological polar surface area (TPSA) is 99.5 Å². The van der Waals surface area contributed by atoms with Crippen molar-refractivity contribution in [2.24, 2.45) is 0 Å². The Balaban J connectivity index is 2.24. The lowest BCUT2D eigenvalue weighted by molar-refractivity contribution is 0.340. The Bertz CT molecular complexity index is 646. The molecular formula is C12H11FN6O. The van der Waals surface area contributed by atoms with Crippen LogP contribution in [-0.4, -0.2) is 27.2 Å². The highest BCUT2D eigenvalue weighted by Crippen LogP contribution is 2.26. The number of aromatic nitrogens is 4. The van der Waals surface area contributed by atoms with E-state index in [1.54, 1.807) is 6.92 Å². The first-order valence-corrected chi connectivity index (χ1v) is 5.77. The molecule has 0 amide bonds. The fourth-order valence-corrected chi connectivity index (χ4v) is 1.46. The standard InChI is InChI=1S/C12H11FN6O/c1-2-20-11-5-9(13)3-4-10(11)15-7-8(6-14)12-16-18-19-17-12/h3-5,7,15H,2H2,1H3,(H,16,17,18,19). The van der Waals surface area contributed by atoms with E-state index < -0.39 is 5.82 Å². The van der Waals surface area contributed by atoms with E-state index in [9.17, 15) is 4.39 Å². The second kappa shape index (κ2) is 6.29. The molecule has 20 heavy (non-hydrogen) atoms. The summed E-state index contributed by atoms with van der Waals surface area (Å²) in [6, 6.07) is 6.01. The maximum Gasteiger partial charge on any atom is 0.216 e. The molecular weight excluding hydrogens is 263 g/mol. The number of nitrogens with one attached hydrogen (secondary N) is 2. The number of aromatic amines is 1. The number of tetrazole rings is 1. The van der Waals surface area contributed by atoms with Gasteiger partial charge in [0.2, 0.25) is 5.82 Å². The van der Waals surface area contributed by atoms with Gasteiger partial charge in [0.25, 0.3) is 0 Å². The smallest absolute Gasteiger partial charge is 0.216 e. The van der Waals surface area contributed by atoms with Crippen LogP contribution in [0.4, 0.5) is 10.1 Å². The maximum atomic E-state index is 13.2. The van der Waals surface area contributed by atoms with Gasteiger partial charge in [0.1, 0.15) is 23.2 Å². The molecule has 0 atom stereocenters. The number of allylic oxidation sites excluding steroid dienone is 1. The molecule has 1 aromatic heterocycles. The van der Waals surface area contributed by atoms with Gasteiger partial charge in [0, 0.05) is 12.3 Å². The first kappa shape index (κ1) is 13.5. The Morgan fingerprint density at radius 3 is 3.10 bits per heavy atom. The number of hydrogen-bond acceptors (Lipinski definition) is 6. The molecule has 0 spiro atoms. The minimum atomic E-state index is -0.401. The summed E-state index contributed by atoms with van der Waals surface area (Å²) in [5.74, 6) is 0.121. The van der Waals surface area contributed by atoms with E-state index in [1.165, 1.54) is 24.4 Å². The van der Waals surface area contributed by atoms with Crippen molar-refractivity contribution in [1.29, 1.82) is 5.26 Å². The molecule has 1 heterocycles. The fraction of sp³-hybridized carbons (Fsp3) is 0.167. The van der Waals surface area contributed by atoms with Crippen LogP contribution in [0.25, 0.3) is 5.57 Å². The summed E-state index contributed by atoms with van der Waals surface area (Å²) in [6.07, 6.45) is 1.40. The summed E-state index contributed by atoms with van der Waals surface area (Å²) < 4.78 is 18.5. The molecule has 0 saturated heterocycles. The molecule has 0 unspecified atom stereocenters. The highest BCUT2D eigenvalue weighted by atomic mass is 19.1. The number of hydrogen-bond donors (Lipinski definition) is 2. The number of rotatable bonds is 5. The zero-order chi connectivity index (χ0) is 14.4. The average Bonchev–Trinajstić information content (AvgIpc) is 2.96. The van der Waals surface area contributed by atoms with Crippen molar-refractivity contribution >= 4 is 11.3 Å². The van der Waals surface area contributed by atoms with Crippen molar-refractivity contribution < 1.29 is 9.13 Å². The van der Waals surface area contributed by atoms with E-state index in [0.717, 1.165) is 0 Å². The van der Waals surface area contributed by atoms with Crippen LogP contribution < -0.4 is 10.1 Å². The predicted octanol–water partition coefficient (Wildman–Crippen LogP) is 1.71. The first-order valence-electron chi connectivity index (χ1n) is 5.77. The number of benzene rings is 1. The summed E-state index contributed by atoms with van der Waals surface area (Å²) in [6.45, 7) is 2.20. The second-order valence-electron chi connectivity index (χ2n) is 3.62. The van der Waals surface area contributed by atoms with Gasteiger partial charge in [-0.3, -0.25) is 0 Å². The van der Waals surface area contributed by atoms with Gasteiger partial charge >= 0.3 is 0 Å². The van der Waals surface area contributed by atoms with Crippen LogP contribution in [0.2, 0.25) is 0 Å². The second-order valence-corrected chi connectivity index (χ2v) is 3.62. The number of nitrogens with zero attached hydrogens (tertiary/aromatic N) is 4. The Morgan fingerprint density at radius 2 is 2.45 bits per heavy atom. The monoisotopic (exact) mass is 274 g/mol. The lowest BCUT2D eigenvalue weighted by Crippen LogP contribution is -1.99. The van der Waals surface area contributed by atoms with Crippen molar-refractivity contribution in [1.82, 2.24) is 20.6 Å². The molecule has 0 aliphatic rings. The quantitative estimate of drug-likeness (QED) is 0.805. The van der Waals surface area contributed by atoms with Crippen LogP contribution in [-0.2, 0) is 0 Å². The van der Waals surface area contributed by atoms with Gasteiger partial charge < -0.3 is 10.1 Å². The summed E-state index contributed by atoms with van der Waals surface area (Å²) in [7, 11) is 0. The molecule has 0 saturated carbocycles. The lowest BCUT2D eigenvalue weighted by atomic mass is 10.2. The minimum absolute atomic E-state index is 0.167. The van der Waals surface area contributed by atoms with Crippen LogP contribution in [0.1, 0.15) is 12.7 Å². The molecule has 2 N–H and O–H groups in total. The van der Waals surface area contributed by atoms with E-state index in [4.69, 9.17) is 10.00 Å². The molecule has 1 aromatic carbocycles. The molecule has 2 aromatic rings. The van der Waals surface area contributed by atoms with Gasteiger partial charge in [0.05, 0.1) is 12.3 Å². The van der Waals surface area contributed by atoms with Crippen molar-refractivity contribution in [2.45, 2.75) is 6.92 Å². The Hall–Kier alpha value is -2.95. The highest BCUT2D eigenvalue weighted by molar-refractivity contribution is 5.74. The molecule has 0 radical (unpaired) electrons. The van der Waals surface area contributed by atoms with Gasteiger partial charge in [-0.05, 0) is 24.3 Å². The third-order valence-corrected chi connectivity index (χ3v) is 2.32. The minimum Gasteiger partial charge on any atom is -0.492 e. The van der Waals surface area contributed by atoms with Crippen molar-refractivity contribution in [2.75, 3.05) is 11.9 Å². The molecule has 0 aliphatic heterocycles. The molecule has 8 heteroatoms. The van der Waals surface area contributed by atoms with E-state index in [2.05, 4.69) is 25.9 Å². The van der Waals surface area contributed by atoms with E-state index in [1.807, 2.05) is 6.07 Å². The zero-order valence-electron chi connectivity index (χ0n) is 10.6. The van der Waals surface area contributed by atoms with Gasteiger partial charge in [-0.25, -0.2) is 4.39 Å². The SMILES string of the molecule is CCOc1cc(F)ccc1NC=C(C#N)c1nn[nH]n1. The molecule has 102 valence electrons. The van der Waals surface area contributed by atoms with Gasteiger partial charge in [0.15, 0.2) is 0 Å². The third-order valence-electron chi connectivity index (χ3n) is 2.32. The van der Waals surface area contributed by atoms with Crippen LogP contribution in [0.5, 0.6) is 5.75 Å². The summed E-state index contributed by atoms with van der Waals surface area (Å²) in [5, 5.41) is 24.9. The fourth-order valence-electron chi connectivity index (χ4n) is 1.46. The zero-order valence-corrected chi connectivity index (χ0v) is 10.6. The van der Waals surface area contributed by atoms with Crippen LogP contribution >= 0.6 is 0 Å². The van der Waals surface area contributed by atoms with E-state index in [0.29, 0.717) is 18.0 Å². The first-order chi connectivity index (χ1) is 9.74. The molecule has 0 fully saturated rings. The number of anilines is 1. The van der Waals surface area contributed by atoms with Crippen LogP contribution in [0.3, 0.4) is 0 Å². The lowest BCUT2D eigenvalue weighted by Gasteiger charge is -2.09. The molecule has 2 rings (SSSR count). The Morgan fingerprint density at radius 1 is 1.60 bits per heavy atom. The predicted molar refractivity (Wildman–Crippen MR) is 69.0 cm³/mol. The third kappa shape index (κ3) is 3.08.